The summed E-state index contributed by atoms with van der Waals surface area (Å²) in [5.41, 5.74) is 0.650. The first kappa shape index (κ1) is 13.7. The molecule has 96 valence electrons. The molecule has 6 heteroatoms. The molecule has 1 rings (SSSR count). The second-order valence-electron chi connectivity index (χ2n) is 3.86. The zero-order valence-corrected chi connectivity index (χ0v) is 10.3. The number of hydrogen-bond acceptors (Lipinski definition) is 4. The fourth-order valence-corrected chi connectivity index (χ4v) is 1.41. The van der Waals surface area contributed by atoms with Gasteiger partial charge in [-0.15, -0.1) is 6.58 Å². The van der Waals surface area contributed by atoms with E-state index in [4.69, 9.17) is 0 Å². The van der Waals surface area contributed by atoms with Gasteiger partial charge < -0.3 is 10.2 Å². The Hall–Kier alpha value is -2.37. The van der Waals surface area contributed by atoms with Crippen LogP contribution in [0.25, 0.3) is 0 Å². The molecule has 0 aliphatic heterocycles. The minimum Gasteiger partial charge on any atom is -0.376 e. The highest BCUT2D eigenvalue weighted by atomic mass is 16.6. The number of nitrogens with one attached hydrogen (secondary N) is 1. The van der Waals surface area contributed by atoms with Crippen LogP contribution in [-0.4, -0.2) is 36.4 Å². The number of benzene rings is 1. The van der Waals surface area contributed by atoms with Gasteiger partial charge in [0.1, 0.15) is 5.69 Å². The van der Waals surface area contributed by atoms with E-state index in [0.717, 1.165) is 0 Å². The predicted molar refractivity (Wildman–Crippen MR) is 69.8 cm³/mol. The van der Waals surface area contributed by atoms with Crippen LogP contribution in [0.2, 0.25) is 0 Å². The Morgan fingerprint density at radius 3 is 2.72 bits per heavy atom. The number of rotatable bonds is 5. The van der Waals surface area contributed by atoms with Gasteiger partial charge in [-0.1, -0.05) is 6.08 Å². The highest BCUT2D eigenvalue weighted by Gasteiger charge is 2.17. The molecule has 0 unspecified atom stereocenters. The maximum absolute atomic E-state index is 11.8. The second kappa shape index (κ2) is 5.81. The molecule has 18 heavy (non-hydrogen) atoms. The summed E-state index contributed by atoms with van der Waals surface area (Å²) in [4.78, 5) is 23.5. The van der Waals surface area contributed by atoms with Crippen molar-refractivity contribution < 1.29 is 9.72 Å². The first-order valence-electron chi connectivity index (χ1n) is 5.32. The summed E-state index contributed by atoms with van der Waals surface area (Å²) in [7, 11) is 3.25. The van der Waals surface area contributed by atoms with Crippen molar-refractivity contribution >= 4 is 17.3 Å². The number of carbonyl (C=O) groups is 1. The molecule has 1 amide bonds. The summed E-state index contributed by atoms with van der Waals surface area (Å²) in [6.07, 6.45) is 1.59. The highest BCUT2D eigenvalue weighted by Crippen LogP contribution is 2.25. The average molecular weight is 249 g/mol. The molecule has 1 aromatic carbocycles. The van der Waals surface area contributed by atoms with Gasteiger partial charge in [0.05, 0.1) is 4.92 Å². The standard InChI is InChI=1S/C12H15N3O3/c1-4-7-13-10-8-9(12(16)14(2)3)5-6-11(10)15(17)18/h4-6,8,13H,1,7H2,2-3H3. The fraction of sp³-hybridized carbons (Fsp3) is 0.250. The number of carbonyl (C=O) groups excluding carboxylic acids is 1. The zero-order valence-electron chi connectivity index (χ0n) is 10.3. The van der Waals surface area contributed by atoms with E-state index >= 15 is 0 Å². The Morgan fingerprint density at radius 2 is 2.22 bits per heavy atom. The SMILES string of the molecule is C=CCNc1cc(C(=O)N(C)C)ccc1[N+](=O)[O-]. The van der Waals surface area contributed by atoms with E-state index in [-0.39, 0.29) is 11.6 Å². The van der Waals surface area contributed by atoms with Crippen LogP contribution in [0.3, 0.4) is 0 Å². The molecule has 0 atom stereocenters. The van der Waals surface area contributed by atoms with E-state index in [9.17, 15) is 14.9 Å². The van der Waals surface area contributed by atoms with E-state index in [0.29, 0.717) is 17.8 Å². The van der Waals surface area contributed by atoms with Crippen LogP contribution >= 0.6 is 0 Å². The lowest BCUT2D eigenvalue weighted by Crippen LogP contribution is -2.21. The number of nitro groups is 1. The quantitative estimate of drug-likeness (QED) is 0.491. The maximum atomic E-state index is 11.8. The molecule has 0 bridgehead atoms. The van der Waals surface area contributed by atoms with Crippen molar-refractivity contribution in [3.8, 4) is 0 Å². The molecule has 0 saturated heterocycles. The van der Waals surface area contributed by atoms with E-state index in [1.54, 1.807) is 20.2 Å². The second-order valence-corrected chi connectivity index (χ2v) is 3.86. The topological polar surface area (TPSA) is 75.5 Å². The number of nitrogens with zero attached hydrogens (tertiary/aromatic N) is 2. The van der Waals surface area contributed by atoms with Crippen LogP contribution in [0.15, 0.2) is 30.9 Å². The van der Waals surface area contributed by atoms with Gasteiger partial charge in [0.2, 0.25) is 0 Å². The van der Waals surface area contributed by atoms with E-state index in [1.807, 2.05) is 0 Å². The van der Waals surface area contributed by atoms with E-state index in [2.05, 4.69) is 11.9 Å². The molecule has 0 saturated carbocycles. The Labute approximate surface area is 105 Å². The molecule has 6 nitrogen and oxygen atoms in total. The number of nitro benzene ring substituents is 1. The lowest BCUT2D eigenvalue weighted by atomic mass is 10.1. The van der Waals surface area contributed by atoms with Crippen LogP contribution < -0.4 is 5.32 Å². The Bertz CT molecular complexity index is 483. The van der Waals surface area contributed by atoms with E-state index in [1.165, 1.54) is 23.1 Å². The first-order chi connectivity index (χ1) is 8.47. The van der Waals surface area contributed by atoms with Gasteiger partial charge in [0, 0.05) is 32.3 Å². The average Bonchev–Trinajstić information content (AvgIpc) is 2.34. The van der Waals surface area contributed by atoms with Crippen LogP contribution in [-0.2, 0) is 0 Å². The van der Waals surface area contributed by atoms with Crippen molar-refractivity contribution in [1.29, 1.82) is 0 Å². The molecular weight excluding hydrogens is 234 g/mol. The summed E-state index contributed by atoms with van der Waals surface area (Å²) < 4.78 is 0. The first-order valence-corrected chi connectivity index (χ1v) is 5.32. The molecular formula is C12H15N3O3. The predicted octanol–water partition coefficient (Wildman–Crippen LogP) is 1.89. The fourth-order valence-electron chi connectivity index (χ4n) is 1.41. The maximum Gasteiger partial charge on any atom is 0.292 e. The molecule has 1 N–H and O–H groups in total. The third-order valence-corrected chi connectivity index (χ3v) is 2.28. The normalized spacial score (nSPS) is 9.67. The number of anilines is 1. The van der Waals surface area contributed by atoms with Crippen molar-refractivity contribution in [2.45, 2.75) is 0 Å². The summed E-state index contributed by atoms with van der Waals surface area (Å²) in [5, 5.41) is 13.7. The van der Waals surface area contributed by atoms with Crippen LogP contribution in [0.5, 0.6) is 0 Å². The summed E-state index contributed by atoms with van der Waals surface area (Å²) in [5.74, 6) is -0.202. The van der Waals surface area contributed by atoms with Crippen molar-refractivity contribution in [1.82, 2.24) is 4.90 Å². The molecule has 0 radical (unpaired) electrons. The zero-order chi connectivity index (χ0) is 13.7. The summed E-state index contributed by atoms with van der Waals surface area (Å²) in [6, 6.07) is 4.24. The minimum absolute atomic E-state index is 0.0628. The van der Waals surface area contributed by atoms with Gasteiger partial charge in [-0.05, 0) is 12.1 Å². The molecule has 0 aliphatic rings. The van der Waals surface area contributed by atoms with Gasteiger partial charge in [0.15, 0.2) is 0 Å². The molecule has 0 fully saturated rings. The molecule has 0 aromatic heterocycles. The lowest BCUT2D eigenvalue weighted by Gasteiger charge is -2.12. The smallest absolute Gasteiger partial charge is 0.292 e. The summed E-state index contributed by atoms with van der Waals surface area (Å²) >= 11 is 0. The molecule has 1 aromatic rings. The molecule has 0 heterocycles. The third kappa shape index (κ3) is 3.07. The van der Waals surface area contributed by atoms with Crippen molar-refractivity contribution in [2.75, 3.05) is 26.0 Å². The Morgan fingerprint density at radius 1 is 1.56 bits per heavy atom. The van der Waals surface area contributed by atoms with Gasteiger partial charge in [-0.2, -0.15) is 0 Å². The number of hydrogen-bond donors (Lipinski definition) is 1. The van der Waals surface area contributed by atoms with Gasteiger partial charge in [0.25, 0.3) is 11.6 Å². The van der Waals surface area contributed by atoms with Crippen LogP contribution in [0, 0.1) is 10.1 Å². The summed E-state index contributed by atoms with van der Waals surface area (Å²) in [6.45, 7) is 3.92. The van der Waals surface area contributed by atoms with Gasteiger partial charge in [-0.3, -0.25) is 14.9 Å². The molecule has 0 spiro atoms. The molecule has 0 aliphatic carbocycles. The van der Waals surface area contributed by atoms with Crippen LogP contribution in [0.1, 0.15) is 10.4 Å². The monoisotopic (exact) mass is 249 g/mol. The van der Waals surface area contributed by atoms with E-state index < -0.39 is 4.92 Å². The van der Waals surface area contributed by atoms with Gasteiger partial charge in [-0.25, -0.2) is 0 Å². The third-order valence-electron chi connectivity index (χ3n) is 2.28. The van der Waals surface area contributed by atoms with Crippen LogP contribution in [0.4, 0.5) is 11.4 Å². The lowest BCUT2D eigenvalue weighted by molar-refractivity contribution is -0.384. The largest absolute Gasteiger partial charge is 0.376 e. The Balaban J connectivity index is 3.16. The number of amides is 1. The van der Waals surface area contributed by atoms with Crippen molar-refractivity contribution in [3.05, 3.63) is 46.5 Å². The minimum atomic E-state index is -0.491. The van der Waals surface area contributed by atoms with Crippen molar-refractivity contribution in [3.63, 3.8) is 0 Å². The van der Waals surface area contributed by atoms with Crippen molar-refractivity contribution in [2.24, 2.45) is 0 Å². The highest BCUT2D eigenvalue weighted by molar-refractivity contribution is 5.95. The van der Waals surface area contributed by atoms with Gasteiger partial charge >= 0.3 is 0 Å². The Kier molecular flexibility index (Phi) is 4.42.